The van der Waals surface area contributed by atoms with Gasteiger partial charge in [0.2, 0.25) is 0 Å². The largest absolute Gasteiger partial charge is 0.477 e. The fourth-order valence-electron chi connectivity index (χ4n) is 3.01. The molecule has 1 fully saturated rings. The number of nitrogens with two attached hydrogens (primary N) is 1. The Morgan fingerprint density at radius 3 is 2.48 bits per heavy atom. The number of carboxylic acids is 1. The van der Waals surface area contributed by atoms with Gasteiger partial charge in [0.05, 0.1) is 12.1 Å². The Morgan fingerprint density at radius 2 is 1.93 bits per heavy atom. The zero-order valence-electron chi connectivity index (χ0n) is 16.1. The van der Waals surface area contributed by atoms with E-state index in [9.17, 15) is 28.6 Å². The van der Waals surface area contributed by atoms with E-state index in [0.29, 0.717) is 6.42 Å². The number of aliphatic carboxylic acids is 1. The average Bonchev–Trinajstić information content (AvgIpc) is 2.68. The van der Waals surface area contributed by atoms with Crippen molar-refractivity contribution in [2.45, 2.75) is 87.9 Å². The Kier molecular flexibility index (Phi) is 10.7. The van der Waals surface area contributed by atoms with Crippen LogP contribution >= 0.6 is 11.8 Å². The molecule has 170 valence electrons. The number of rotatable bonds is 12. The van der Waals surface area contributed by atoms with Crippen LogP contribution < -0.4 is 10.6 Å². The van der Waals surface area contributed by atoms with Gasteiger partial charge in [0.25, 0.3) is 0 Å². The maximum absolute atomic E-state index is 14.5. The van der Waals surface area contributed by atoms with Gasteiger partial charge in [-0.05, 0) is 18.2 Å². The third kappa shape index (κ3) is 6.69. The average molecular weight is 447 g/mol. The maximum Gasteiger partial charge on any atom is 0.372 e. The standard InChI is InChI=1S/C17H29ClF2N2O7/c1-2-3-4-5-6-7-10(24)28-8-9(23)13(25)14-11(21)12(22-18)15(19)17(20,29-14)16(26)27/h9,11-15,22-23,25H,2-8,21H2,1H3,(H,26,27)/t9-,11?,12?,13-,14?,15?,17?/m1/s1. The van der Waals surface area contributed by atoms with E-state index in [4.69, 9.17) is 27.4 Å². The first-order valence-corrected chi connectivity index (χ1v) is 9.85. The number of hydrogen-bond acceptors (Lipinski definition) is 8. The summed E-state index contributed by atoms with van der Waals surface area (Å²) in [5.41, 5.74) is 5.70. The number of alkyl halides is 2. The number of unbranched alkanes of at least 4 members (excludes halogenated alkanes) is 4. The van der Waals surface area contributed by atoms with Gasteiger partial charge in [-0.2, -0.15) is 4.39 Å². The normalized spacial score (nSPS) is 31.8. The highest BCUT2D eigenvalue weighted by Crippen LogP contribution is 2.35. The molecule has 7 atom stereocenters. The maximum atomic E-state index is 14.5. The summed E-state index contributed by atoms with van der Waals surface area (Å²) < 4.78 is 38.1. The summed E-state index contributed by atoms with van der Waals surface area (Å²) in [6.45, 7) is 1.40. The Labute approximate surface area is 172 Å². The van der Waals surface area contributed by atoms with Crippen LogP contribution in [0.4, 0.5) is 8.78 Å². The SMILES string of the molecule is CCCCCCCC(=O)OC[C@@H](O)[C@@H](O)C1OC(F)(C(=O)O)C(F)C(NCl)C1N. The van der Waals surface area contributed by atoms with Crippen LogP contribution in [0.2, 0.25) is 0 Å². The fourth-order valence-corrected chi connectivity index (χ4v) is 3.26. The Bertz CT molecular complexity index is 548. The second-order valence-corrected chi connectivity index (χ2v) is 7.27. The van der Waals surface area contributed by atoms with Crippen LogP contribution in [-0.4, -0.2) is 76.3 Å². The summed E-state index contributed by atoms with van der Waals surface area (Å²) in [6.07, 6.45) is -3.68. The van der Waals surface area contributed by atoms with E-state index in [-0.39, 0.29) is 6.42 Å². The van der Waals surface area contributed by atoms with Crippen molar-refractivity contribution in [2.24, 2.45) is 5.73 Å². The van der Waals surface area contributed by atoms with Crippen molar-refractivity contribution < 1.29 is 43.2 Å². The highest BCUT2D eigenvalue weighted by Gasteiger charge is 2.62. The molecular weight excluding hydrogens is 418 g/mol. The summed E-state index contributed by atoms with van der Waals surface area (Å²) in [5.74, 6) is -6.73. The zero-order chi connectivity index (χ0) is 22.2. The van der Waals surface area contributed by atoms with E-state index in [1.165, 1.54) is 0 Å². The van der Waals surface area contributed by atoms with E-state index in [1.54, 1.807) is 0 Å². The molecule has 0 aromatic rings. The molecule has 9 nitrogen and oxygen atoms in total. The molecule has 0 amide bonds. The van der Waals surface area contributed by atoms with Crippen LogP contribution in [0.1, 0.15) is 45.4 Å². The van der Waals surface area contributed by atoms with Crippen molar-refractivity contribution in [1.29, 1.82) is 0 Å². The molecule has 0 radical (unpaired) electrons. The first kappa shape index (κ1) is 25.9. The lowest BCUT2D eigenvalue weighted by Gasteiger charge is -2.45. The quantitative estimate of drug-likeness (QED) is 0.164. The predicted octanol–water partition coefficient (Wildman–Crippen LogP) is 0.539. The van der Waals surface area contributed by atoms with Crippen molar-refractivity contribution in [1.82, 2.24) is 4.84 Å². The highest BCUT2D eigenvalue weighted by molar-refractivity contribution is 6.13. The number of carbonyl (C=O) groups excluding carboxylic acids is 1. The minimum atomic E-state index is -3.84. The number of ether oxygens (including phenoxy) is 2. The summed E-state index contributed by atoms with van der Waals surface area (Å²) in [4.78, 5) is 24.6. The highest BCUT2D eigenvalue weighted by atomic mass is 35.5. The first-order chi connectivity index (χ1) is 13.6. The number of halogens is 3. The molecule has 1 aliphatic rings. The Hall–Kier alpha value is -1.11. The lowest BCUT2D eigenvalue weighted by Crippen LogP contribution is -2.72. The number of carboxylic acid groups (broad SMARTS) is 1. The molecule has 0 spiro atoms. The zero-order valence-corrected chi connectivity index (χ0v) is 16.9. The molecule has 0 aromatic heterocycles. The van der Waals surface area contributed by atoms with Crippen molar-refractivity contribution in [3.05, 3.63) is 0 Å². The fraction of sp³-hybridized carbons (Fsp3) is 0.882. The van der Waals surface area contributed by atoms with E-state index >= 15 is 0 Å². The van der Waals surface area contributed by atoms with Gasteiger partial charge in [-0.1, -0.05) is 32.6 Å². The molecule has 29 heavy (non-hydrogen) atoms. The molecule has 1 rings (SSSR count). The van der Waals surface area contributed by atoms with Crippen LogP contribution in [0.5, 0.6) is 0 Å². The molecular formula is C17H29ClF2N2O7. The smallest absolute Gasteiger partial charge is 0.372 e. The Balaban J connectivity index is 2.64. The van der Waals surface area contributed by atoms with Crippen LogP contribution in [-0.2, 0) is 19.1 Å². The number of aliphatic hydroxyl groups is 2. The molecule has 0 aliphatic carbocycles. The van der Waals surface area contributed by atoms with Crippen LogP contribution in [0.3, 0.4) is 0 Å². The van der Waals surface area contributed by atoms with Crippen LogP contribution in [0.15, 0.2) is 0 Å². The van der Waals surface area contributed by atoms with E-state index < -0.39 is 61.0 Å². The third-order valence-corrected chi connectivity index (χ3v) is 5.07. The minimum absolute atomic E-state index is 0.125. The molecule has 0 aromatic carbocycles. The molecule has 1 saturated heterocycles. The number of carbonyl (C=O) groups is 2. The van der Waals surface area contributed by atoms with Gasteiger partial charge in [0.1, 0.15) is 24.9 Å². The topological polar surface area (TPSA) is 151 Å². The third-order valence-electron chi connectivity index (χ3n) is 4.82. The van der Waals surface area contributed by atoms with Crippen molar-refractivity contribution >= 4 is 23.7 Å². The summed E-state index contributed by atoms with van der Waals surface area (Å²) >= 11 is 5.34. The number of esters is 1. The lowest BCUT2D eigenvalue weighted by atomic mass is 9.87. The van der Waals surface area contributed by atoms with Crippen LogP contribution in [0.25, 0.3) is 0 Å². The van der Waals surface area contributed by atoms with Crippen molar-refractivity contribution in [3.8, 4) is 0 Å². The first-order valence-electron chi connectivity index (χ1n) is 9.47. The number of aliphatic hydroxyl groups excluding tert-OH is 2. The van der Waals surface area contributed by atoms with E-state index in [2.05, 4.69) is 11.7 Å². The van der Waals surface area contributed by atoms with Crippen molar-refractivity contribution in [3.63, 3.8) is 0 Å². The van der Waals surface area contributed by atoms with Gasteiger partial charge in [-0.3, -0.25) is 4.79 Å². The molecule has 5 unspecified atom stereocenters. The molecule has 0 bridgehead atoms. The molecule has 1 aliphatic heterocycles. The second-order valence-electron chi connectivity index (χ2n) is 7.05. The van der Waals surface area contributed by atoms with E-state index in [0.717, 1.165) is 25.7 Å². The summed E-state index contributed by atoms with van der Waals surface area (Å²) in [5, 5.41) is 29.2. The van der Waals surface area contributed by atoms with Gasteiger partial charge in [-0.15, -0.1) is 0 Å². The molecule has 0 saturated carbocycles. The van der Waals surface area contributed by atoms with Gasteiger partial charge in [-0.25, -0.2) is 14.0 Å². The number of hydrogen-bond donors (Lipinski definition) is 5. The predicted molar refractivity (Wildman–Crippen MR) is 98.3 cm³/mol. The van der Waals surface area contributed by atoms with Crippen LogP contribution in [0, 0.1) is 0 Å². The summed E-state index contributed by atoms with van der Waals surface area (Å²) in [7, 11) is 0. The van der Waals surface area contributed by atoms with Gasteiger partial charge >= 0.3 is 17.8 Å². The van der Waals surface area contributed by atoms with Gasteiger partial charge in [0.15, 0.2) is 6.17 Å². The van der Waals surface area contributed by atoms with Gasteiger partial charge in [0, 0.05) is 6.42 Å². The molecule has 6 N–H and O–H groups in total. The molecule has 12 heteroatoms. The number of nitrogens with one attached hydrogen (secondary N) is 1. The minimum Gasteiger partial charge on any atom is -0.477 e. The second kappa shape index (κ2) is 11.9. The Morgan fingerprint density at radius 1 is 1.31 bits per heavy atom. The van der Waals surface area contributed by atoms with E-state index in [1.807, 2.05) is 4.84 Å². The van der Waals surface area contributed by atoms with Gasteiger partial charge < -0.3 is 30.5 Å². The van der Waals surface area contributed by atoms with Crippen molar-refractivity contribution in [2.75, 3.05) is 6.61 Å². The molecule has 1 heterocycles. The summed E-state index contributed by atoms with van der Waals surface area (Å²) in [6, 6.07) is -3.24. The monoisotopic (exact) mass is 446 g/mol. The lowest BCUT2D eigenvalue weighted by molar-refractivity contribution is -0.275.